The van der Waals surface area contributed by atoms with E-state index >= 15 is 0 Å². The van der Waals surface area contributed by atoms with Crippen LogP contribution in [0.2, 0.25) is 0 Å². The van der Waals surface area contributed by atoms with E-state index in [4.69, 9.17) is 0 Å². The molecule has 2 atom stereocenters. The molecule has 2 aliphatic rings. The SMILES string of the molecule is CC(C)N1CCC[C@@H]2c3ccc(O)c(O)c3CC[C@H]21. The first-order valence-electron chi connectivity index (χ1n) is 7.39. The highest BCUT2D eigenvalue weighted by Gasteiger charge is 2.38. The summed E-state index contributed by atoms with van der Waals surface area (Å²) in [7, 11) is 0. The van der Waals surface area contributed by atoms with Gasteiger partial charge in [-0.05, 0) is 63.6 Å². The van der Waals surface area contributed by atoms with E-state index in [-0.39, 0.29) is 11.5 Å². The zero-order chi connectivity index (χ0) is 13.6. The predicted octanol–water partition coefficient (Wildman–Crippen LogP) is 3.00. The molecule has 1 aromatic carbocycles. The molecule has 2 N–H and O–H groups in total. The van der Waals surface area contributed by atoms with Crippen molar-refractivity contribution in [1.29, 1.82) is 0 Å². The van der Waals surface area contributed by atoms with E-state index in [1.807, 2.05) is 6.07 Å². The molecule has 104 valence electrons. The maximum absolute atomic E-state index is 10.0. The van der Waals surface area contributed by atoms with E-state index < -0.39 is 0 Å². The van der Waals surface area contributed by atoms with Gasteiger partial charge in [-0.25, -0.2) is 0 Å². The number of nitrogens with zero attached hydrogens (tertiary/aromatic N) is 1. The number of hydrogen-bond donors (Lipinski definition) is 2. The van der Waals surface area contributed by atoms with E-state index in [0.29, 0.717) is 18.0 Å². The van der Waals surface area contributed by atoms with Crippen LogP contribution in [0.25, 0.3) is 0 Å². The first-order valence-corrected chi connectivity index (χ1v) is 7.39. The number of piperidine rings is 1. The van der Waals surface area contributed by atoms with Gasteiger partial charge >= 0.3 is 0 Å². The first-order chi connectivity index (χ1) is 9.09. The van der Waals surface area contributed by atoms with E-state index in [1.54, 1.807) is 6.07 Å². The van der Waals surface area contributed by atoms with Crippen LogP contribution >= 0.6 is 0 Å². The Bertz CT molecular complexity index is 484. The molecule has 1 heterocycles. The fraction of sp³-hybridized carbons (Fsp3) is 0.625. The van der Waals surface area contributed by atoms with Crippen molar-refractivity contribution in [1.82, 2.24) is 4.90 Å². The Labute approximate surface area is 114 Å². The molecule has 0 bridgehead atoms. The summed E-state index contributed by atoms with van der Waals surface area (Å²) in [6.07, 6.45) is 4.39. The zero-order valence-electron chi connectivity index (χ0n) is 11.8. The molecule has 3 nitrogen and oxygen atoms in total. The summed E-state index contributed by atoms with van der Waals surface area (Å²) in [5.74, 6) is 0.651. The highest BCUT2D eigenvalue weighted by Crippen LogP contribution is 2.45. The molecule has 19 heavy (non-hydrogen) atoms. The smallest absolute Gasteiger partial charge is 0.160 e. The molecular weight excluding hydrogens is 238 g/mol. The van der Waals surface area contributed by atoms with Crippen molar-refractivity contribution in [3.63, 3.8) is 0 Å². The number of rotatable bonds is 1. The molecule has 1 aliphatic heterocycles. The third kappa shape index (κ3) is 2.00. The molecule has 3 rings (SSSR count). The molecule has 0 unspecified atom stereocenters. The maximum Gasteiger partial charge on any atom is 0.160 e. The van der Waals surface area contributed by atoms with Crippen LogP contribution in [0.5, 0.6) is 11.5 Å². The Hall–Kier alpha value is -1.22. The number of phenolic OH excluding ortho intramolecular Hbond substituents is 2. The Balaban J connectivity index is 1.99. The summed E-state index contributed by atoms with van der Waals surface area (Å²) in [5, 5.41) is 19.7. The number of likely N-dealkylation sites (tertiary alicyclic amines) is 1. The molecule has 0 spiro atoms. The van der Waals surface area contributed by atoms with Gasteiger partial charge < -0.3 is 10.2 Å². The summed E-state index contributed by atoms with van der Waals surface area (Å²) < 4.78 is 0. The lowest BCUT2D eigenvalue weighted by Crippen LogP contribution is -2.49. The van der Waals surface area contributed by atoms with E-state index in [0.717, 1.165) is 18.4 Å². The molecule has 1 aromatic rings. The van der Waals surface area contributed by atoms with Gasteiger partial charge in [0.05, 0.1) is 0 Å². The third-order valence-electron chi connectivity index (χ3n) is 4.87. The van der Waals surface area contributed by atoms with Crippen molar-refractivity contribution in [2.45, 2.75) is 57.5 Å². The largest absolute Gasteiger partial charge is 0.504 e. The predicted molar refractivity (Wildman–Crippen MR) is 75.7 cm³/mol. The van der Waals surface area contributed by atoms with Gasteiger partial charge in [0.1, 0.15) is 0 Å². The van der Waals surface area contributed by atoms with Crippen LogP contribution in [0.4, 0.5) is 0 Å². The van der Waals surface area contributed by atoms with E-state index in [2.05, 4.69) is 18.7 Å². The van der Waals surface area contributed by atoms with Gasteiger partial charge in [0.15, 0.2) is 11.5 Å². The minimum Gasteiger partial charge on any atom is -0.504 e. The van der Waals surface area contributed by atoms with Gasteiger partial charge in [-0.2, -0.15) is 0 Å². The average molecular weight is 261 g/mol. The van der Waals surface area contributed by atoms with Gasteiger partial charge in [-0.1, -0.05) is 6.07 Å². The molecule has 1 aliphatic carbocycles. The van der Waals surface area contributed by atoms with Crippen LogP contribution in [0.1, 0.15) is 50.2 Å². The quantitative estimate of drug-likeness (QED) is 0.764. The van der Waals surface area contributed by atoms with Crippen molar-refractivity contribution in [2.24, 2.45) is 0 Å². The molecule has 0 radical (unpaired) electrons. The summed E-state index contributed by atoms with van der Waals surface area (Å²) in [4.78, 5) is 2.61. The number of hydrogen-bond acceptors (Lipinski definition) is 3. The second kappa shape index (κ2) is 4.71. The molecule has 0 aromatic heterocycles. The van der Waals surface area contributed by atoms with Crippen LogP contribution in [-0.4, -0.2) is 33.7 Å². The molecule has 0 saturated carbocycles. The van der Waals surface area contributed by atoms with Crippen LogP contribution in [0.15, 0.2) is 12.1 Å². The summed E-state index contributed by atoms with van der Waals surface area (Å²) in [6.45, 7) is 5.73. The van der Waals surface area contributed by atoms with Gasteiger partial charge in [0, 0.05) is 17.6 Å². The lowest BCUT2D eigenvalue weighted by molar-refractivity contribution is 0.0811. The molecule has 3 heteroatoms. The van der Waals surface area contributed by atoms with Crippen molar-refractivity contribution in [3.8, 4) is 11.5 Å². The summed E-state index contributed by atoms with van der Waals surface area (Å²) >= 11 is 0. The van der Waals surface area contributed by atoms with Crippen LogP contribution in [-0.2, 0) is 6.42 Å². The van der Waals surface area contributed by atoms with Crippen molar-refractivity contribution in [2.75, 3.05) is 6.54 Å². The van der Waals surface area contributed by atoms with Crippen molar-refractivity contribution >= 4 is 0 Å². The number of fused-ring (bicyclic) bond motifs is 3. The number of benzene rings is 1. The van der Waals surface area contributed by atoms with Gasteiger partial charge in [0.25, 0.3) is 0 Å². The number of phenols is 2. The highest BCUT2D eigenvalue weighted by atomic mass is 16.3. The minimum atomic E-state index is 0.0220. The number of aromatic hydroxyl groups is 2. The fourth-order valence-corrected chi connectivity index (χ4v) is 4.00. The van der Waals surface area contributed by atoms with Gasteiger partial charge in [-0.3, -0.25) is 4.90 Å². The maximum atomic E-state index is 10.0. The molecule has 1 fully saturated rings. The Morgan fingerprint density at radius 2 is 2.00 bits per heavy atom. The first kappa shape index (κ1) is 12.8. The van der Waals surface area contributed by atoms with Crippen LogP contribution < -0.4 is 0 Å². The monoisotopic (exact) mass is 261 g/mol. The summed E-state index contributed by atoms with van der Waals surface area (Å²) in [6, 6.07) is 4.85. The second-order valence-electron chi connectivity index (χ2n) is 6.19. The van der Waals surface area contributed by atoms with Crippen LogP contribution in [0.3, 0.4) is 0 Å². The molecule has 1 saturated heterocycles. The minimum absolute atomic E-state index is 0.0220. The van der Waals surface area contributed by atoms with Crippen molar-refractivity contribution < 1.29 is 10.2 Å². The molecular formula is C16H23NO2. The zero-order valence-corrected chi connectivity index (χ0v) is 11.8. The third-order valence-corrected chi connectivity index (χ3v) is 4.87. The Morgan fingerprint density at radius 3 is 2.74 bits per heavy atom. The second-order valence-corrected chi connectivity index (χ2v) is 6.19. The highest BCUT2D eigenvalue weighted by molar-refractivity contribution is 5.51. The van der Waals surface area contributed by atoms with E-state index in [9.17, 15) is 10.2 Å². The summed E-state index contributed by atoms with van der Waals surface area (Å²) in [5.41, 5.74) is 2.24. The lowest BCUT2D eigenvalue weighted by Gasteiger charge is -2.47. The van der Waals surface area contributed by atoms with Gasteiger partial charge in [0.2, 0.25) is 0 Å². The Morgan fingerprint density at radius 1 is 1.21 bits per heavy atom. The van der Waals surface area contributed by atoms with Gasteiger partial charge in [-0.15, -0.1) is 0 Å². The van der Waals surface area contributed by atoms with Crippen LogP contribution in [0, 0.1) is 0 Å². The molecule has 0 amide bonds. The topological polar surface area (TPSA) is 43.7 Å². The standard InChI is InChI=1S/C16H23NO2/c1-10(2)17-9-3-4-12-11-6-8-15(18)16(19)13(11)5-7-14(12)17/h6,8,10,12,14,18-19H,3-5,7,9H2,1-2H3/t12-,14-/m1/s1. The normalized spacial score (nSPS) is 27.1. The fourth-order valence-electron chi connectivity index (χ4n) is 4.00. The lowest BCUT2D eigenvalue weighted by atomic mass is 9.73. The Kier molecular flexibility index (Phi) is 3.17. The average Bonchev–Trinajstić information content (AvgIpc) is 2.41. The van der Waals surface area contributed by atoms with Crippen molar-refractivity contribution in [3.05, 3.63) is 23.3 Å². The van der Waals surface area contributed by atoms with E-state index in [1.165, 1.54) is 24.9 Å².